The number of pyridine rings is 1. The maximum Gasteiger partial charge on any atom is 0.0947 e. The van der Waals surface area contributed by atoms with E-state index >= 15 is 0 Å². The minimum absolute atomic E-state index is 0.448. The maximum absolute atomic E-state index is 5.54. The van der Waals surface area contributed by atoms with Crippen LogP contribution in [0.1, 0.15) is 30.4 Å². The number of likely N-dealkylation sites (tertiary alicyclic amines) is 2. The first-order valence-electron chi connectivity index (χ1n) is 9.62. The Morgan fingerprint density at radius 3 is 2.65 bits per heavy atom. The molecule has 140 valence electrons. The number of methoxy groups -OCH3 is 1. The van der Waals surface area contributed by atoms with E-state index in [1.165, 1.54) is 50.0 Å². The van der Waals surface area contributed by atoms with Gasteiger partial charge in [0.1, 0.15) is 0 Å². The largest absolute Gasteiger partial charge is 0.472 e. The van der Waals surface area contributed by atoms with Gasteiger partial charge < -0.3 is 9.15 Å². The van der Waals surface area contributed by atoms with Gasteiger partial charge in [-0.1, -0.05) is 0 Å². The van der Waals surface area contributed by atoms with Crippen molar-refractivity contribution in [3.8, 4) is 0 Å². The molecule has 0 aromatic carbocycles. The van der Waals surface area contributed by atoms with Crippen LogP contribution in [0.4, 0.5) is 0 Å². The van der Waals surface area contributed by atoms with Gasteiger partial charge in [-0.2, -0.15) is 0 Å². The molecule has 0 amide bonds. The SMILES string of the molecule is COCC1CC2(CCN(Cc3ccoc3)CC2)CN1Cc1ccncc1. The minimum atomic E-state index is 0.448. The number of ether oxygens (including phenoxy) is 1. The molecular weight excluding hydrogens is 326 g/mol. The van der Waals surface area contributed by atoms with Crippen molar-refractivity contribution in [1.29, 1.82) is 0 Å². The Bertz CT molecular complexity index is 666. The first-order chi connectivity index (χ1) is 12.8. The molecule has 0 N–H and O–H groups in total. The zero-order chi connectivity index (χ0) is 17.8. The molecule has 0 bridgehead atoms. The summed E-state index contributed by atoms with van der Waals surface area (Å²) < 4.78 is 10.8. The fraction of sp³-hybridized carbons (Fsp3) is 0.571. The molecule has 2 aliphatic heterocycles. The van der Waals surface area contributed by atoms with Crippen molar-refractivity contribution in [2.75, 3.05) is 33.4 Å². The summed E-state index contributed by atoms with van der Waals surface area (Å²) >= 11 is 0. The molecule has 0 saturated carbocycles. The minimum Gasteiger partial charge on any atom is -0.472 e. The van der Waals surface area contributed by atoms with Crippen LogP contribution in [0.5, 0.6) is 0 Å². The highest BCUT2D eigenvalue weighted by Crippen LogP contribution is 2.44. The molecule has 0 radical (unpaired) electrons. The number of aromatic nitrogens is 1. The highest BCUT2D eigenvalue weighted by Gasteiger charge is 2.45. The molecule has 5 heteroatoms. The van der Waals surface area contributed by atoms with Crippen molar-refractivity contribution in [2.24, 2.45) is 5.41 Å². The Hall–Kier alpha value is -1.69. The lowest BCUT2D eigenvalue weighted by Crippen LogP contribution is -2.41. The molecule has 5 nitrogen and oxygen atoms in total. The normalized spacial score (nSPS) is 23.7. The fourth-order valence-electron chi connectivity index (χ4n) is 4.71. The molecule has 2 aromatic heterocycles. The summed E-state index contributed by atoms with van der Waals surface area (Å²) in [5, 5.41) is 0. The van der Waals surface area contributed by atoms with E-state index in [2.05, 4.69) is 33.0 Å². The molecule has 2 aromatic rings. The highest BCUT2D eigenvalue weighted by atomic mass is 16.5. The lowest BCUT2D eigenvalue weighted by molar-refractivity contribution is 0.101. The molecule has 26 heavy (non-hydrogen) atoms. The third kappa shape index (κ3) is 4.00. The van der Waals surface area contributed by atoms with Gasteiger partial charge in [-0.25, -0.2) is 0 Å². The van der Waals surface area contributed by atoms with Gasteiger partial charge in [0.25, 0.3) is 0 Å². The van der Waals surface area contributed by atoms with Crippen LogP contribution in [0.2, 0.25) is 0 Å². The van der Waals surface area contributed by atoms with Gasteiger partial charge in [0.15, 0.2) is 0 Å². The number of hydrogen-bond donors (Lipinski definition) is 0. The van der Waals surface area contributed by atoms with Crippen LogP contribution in [-0.4, -0.2) is 54.2 Å². The van der Waals surface area contributed by atoms with Gasteiger partial charge in [-0.3, -0.25) is 14.8 Å². The molecule has 2 aliphatic rings. The van der Waals surface area contributed by atoms with Crippen LogP contribution < -0.4 is 0 Å². The van der Waals surface area contributed by atoms with Gasteiger partial charge >= 0.3 is 0 Å². The lowest BCUT2D eigenvalue weighted by Gasteiger charge is -2.39. The second-order valence-electron chi connectivity index (χ2n) is 7.98. The Morgan fingerprint density at radius 1 is 1.15 bits per heavy atom. The van der Waals surface area contributed by atoms with Gasteiger partial charge in [-0.15, -0.1) is 0 Å². The van der Waals surface area contributed by atoms with Gasteiger partial charge in [-0.05, 0) is 61.5 Å². The second kappa shape index (κ2) is 7.91. The Balaban J connectivity index is 1.38. The number of piperidine rings is 1. The van der Waals surface area contributed by atoms with E-state index in [0.29, 0.717) is 11.5 Å². The average Bonchev–Trinajstić information content (AvgIpc) is 3.27. The number of nitrogens with zero attached hydrogens (tertiary/aromatic N) is 3. The van der Waals surface area contributed by atoms with E-state index in [9.17, 15) is 0 Å². The van der Waals surface area contributed by atoms with Gasteiger partial charge in [0, 0.05) is 50.7 Å². The van der Waals surface area contributed by atoms with E-state index in [1.807, 2.05) is 25.8 Å². The van der Waals surface area contributed by atoms with Crippen LogP contribution in [0.25, 0.3) is 0 Å². The molecule has 1 atom stereocenters. The molecule has 1 unspecified atom stereocenters. The third-order valence-electron chi connectivity index (χ3n) is 6.12. The average molecular weight is 355 g/mol. The molecule has 2 fully saturated rings. The zero-order valence-corrected chi connectivity index (χ0v) is 15.6. The zero-order valence-electron chi connectivity index (χ0n) is 15.6. The third-order valence-corrected chi connectivity index (χ3v) is 6.12. The Labute approximate surface area is 156 Å². The van der Waals surface area contributed by atoms with Crippen LogP contribution in [0, 0.1) is 5.41 Å². The smallest absolute Gasteiger partial charge is 0.0947 e. The second-order valence-corrected chi connectivity index (χ2v) is 7.98. The summed E-state index contributed by atoms with van der Waals surface area (Å²) in [6.07, 6.45) is 11.2. The summed E-state index contributed by atoms with van der Waals surface area (Å²) in [5.41, 5.74) is 3.07. The lowest BCUT2D eigenvalue weighted by atomic mass is 9.76. The molecule has 4 rings (SSSR count). The van der Waals surface area contributed by atoms with E-state index in [0.717, 1.165) is 19.7 Å². The molecular formula is C21H29N3O2. The molecule has 1 spiro atoms. The highest BCUT2D eigenvalue weighted by molar-refractivity contribution is 5.11. The molecule has 2 saturated heterocycles. The summed E-state index contributed by atoms with van der Waals surface area (Å²) in [5.74, 6) is 0. The van der Waals surface area contributed by atoms with Gasteiger partial charge in [0.05, 0.1) is 19.1 Å². The van der Waals surface area contributed by atoms with Crippen LogP contribution in [0.3, 0.4) is 0 Å². The number of furan rings is 1. The topological polar surface area (TPSA) is 41.7 Å². The van der Waals surface area contributed by atoms with Crippen LogP contribution >= 0.6 is 0 Å². The van der Waals surface area contributed by atoms with E-state index in [4.69, 9.17) is 9.15 Å². The predicted molar refractivity (Wildman–Crippen MR) is 101 cm³/mol. The van der Waals surface area contributed by atoms with Crippen molar-refractivity contribution >= 4 is 0 Å². The summed E-state index contributed by atoms with van der Waals surface area (Å²) in [6, 6.07) is 6.85. The van der Waals surface area contributed by atoms with Crippen LogP contribution in [0.15, 0.2) is 47.5 Å². The summed E-state index contributed by atoms with van der Waals surface area (Å²) in [7, 11) is 1.82. The molecule has 4 heterocycles. The first-order valence-corrected chi connectivity index (χ1v) is 9.62. The number of rotatable bonds is 6. The van der Waals surface area contributed by atoms with Crippen molar-refractivity contribution in [3.05, 3.63) is 54.2 Å². The maximum atomic E-state index is 5.54. The van der Waals surface area contributed by atoms with Crippen molar-refractivity contribution < 1.29 is 9.15 Å². The van der Waals surface area contributed by atoms with Crippen molar-refractivity contribution in [3.63, 3.8) is 0 Å². The monoisotopic (exact) mass is 355 g/mol. The summed E-state index contributed by atoms with van der Waals surface area (Å²) in [4.78, 5) is 9.33. The quantitative estimate of drug-likeness (QED) is 0.796. The Morgan fingerprint density at radius 2 is 1.96 bits per heavy atom. The first kappa shape index (κ1) is 17.7. The fourth-order valence-corrected chi connectivity index (χ4v) is 4.71. The molecule has 0 aliphatic carbocycles. The standard InChI is InChI=1S/C21H29N3O2/c1-25-16-20-12-21(17-24(20)14-18-2-7-22-8-3-18)5-9-23(10-6-21)13-19-4-11-26-15-19/h2-4,7-8,11,15,20H,5-6,9-10,12-14,16-17H2,1H3. The Kier molecular flexibility index (Phi) is 5.38. The predicted octanol–water partition coefficient (Wildman–Crippen LogP) is 3.18. The van der Waals surface area contributed by atoms with Crippen molar-refractivity contribution in [1.82, 2.24) is 14.8 Å². The number of hydrogen-bond acceptors (Lipinski definition) is 5. The van der Waals surface area contributed by atoms with Crippen molar-refractivity contribution in [2.45, 2.75) is 38.4 Å². The van der Waals surface area contributed by atoms with E-state index in [1.54, 1.807) is 6.26 Å². The van der Waals surface area contributed by atoms with E-state index < -0.39 is 0 Å². The summed E-state index contributed by atoms with van der Waals surface area (Å²) in [6.45, 7) is 6.36. The van der Waals surface area contributed by atoms with Crippen LogP contribution in [-0.2, 0) is 17.8 Å². The van der Waals surface area contributed by atoms with Gasteiger partial charge in [0.2, 0.25) is 0 Å². The van der Waals surface area contributed by atoms with E-state index in [-0.39, 0.29) is 0 Å².